The standard InChI is InChI=1S/C25H34N4O2/c1-30-22-12-19-21(28-20-5-2-4-18(20)24(19)26-14-17-6-7-17)13-23(22)31-11-3-9-29-10-8-25(16-29)15-27-25/h12-13,17,27H,2-11,14-16H2,1H3,(H,26,28). The van der Waals surface area contributed by atoms with Crippen LogP contribution in [0.2, 0.25) is 0 Å². The number of hydrogen-bond acceptors (Lipinski definition) is 6. The van der Waals surface area contributed by atoms with Gasteiger partial charge in [-0.3, -0.25) is 4.98 Å². The van der Waals surface area contributed by atoms with E-state index >= 15 is 0 Å². The zero-order chi connectivity index (χ0) is 20.8. The second-order valence-electron chi connectivity index (χ2n) is 9.97. The van der Waals surface area contributed by atoms with E-state index < -0.39 is 0 Å². The smallest absolute Gasteiger partial charge is 0.163 e. The average Bonchev–Trinajstić information content (AvgIpc) is 3.66. The van der Waals surface area contributed by atoms with Crippen LogP contribution in [0, 0.1) is 5.92 Å². The van der Waals surface area contributed by atoms with Gasteiger partial charge in [-0.1, -0.05) is 0 Å². The SMILES string of the molecule is COc1cc2c(NCC3CC3)c3c(nc2cc1OCCCN1CCC2(CN2)C1)CCC3. The summed E-state index contributed by atoms with van der Waals surface area (Å²) in [4.78, 5) is 7.58. The molecule has 3 fully saturated rings. The fraction of sp³-hybridized carbons (Fsp3) is 0.640. The van der Waals surface area contributed by atoms with E-state index in [4.69, 9.17) is 14.5 Å². The molecule has 2 N–H and O–H groups in total. The number of benzene rings is 1. The minimum Gasteiger partial charge on any atom is -0.493 e. The highest BCUT2D eigenvalue weighted by Gasteiger charge is 2.46. The van der Waals surface area contributed by atoms with Gasteiger partial charge in [-0.2, -0.15) is 0 Å². The molecule has 1 atom stereocenters. The second-order valence-corrected chi connectivity index (χ2v) is 9.97. The van der Waals surface area contributed by atoms with Crippen molar-refractivity contribution in [3.63, 3.8) is 0 Å². The monoisotopic (exact) mass is 422 g/mol. The van der Waals surface area contributed by atoms with Crippen molar-refractivity contribution in [1.29, 1.82) is 0 Å². The molecule has 2 aromatic rings. The van der Waals surface area contributed by atoms with Crippen LogP contribution in [-0.4, -0.2) is 61.9 Å². The lowest BCUT2D eigenvalue weighted by molar-refractivity contribution is 0.252. The highest BCUT2D eigenvalue weighted by molar-refractivity contribution is 5.96. The quantitative estimate of drug-likeness (QED) is 0.477. The van der Waals surface area contributed by atoms with Crippen LogP contribution < -0.4 is 20.1 Å². The van der Waals surface area contributed by atoms with Gasteiger partial charge in [0.2, 0.25) is 0 Å². The normalized spacial score (nSPS) is 24.7. The van der Waals surface area contributed by atoms with Gasteiger partial charge in [0.15, 0.2) is 11.5 Å². The Bertz CT molecular complexity index is 983. The van der Waals surface area contributed by atoms with Gasteiger partial charge in [-0.25, -0.2) is 0 Å². The fourth-order valence-corrected chi connectivity index (χ4v) is 5.35. The summed E-state index contributed by atoms with van der Waals surface area (Å²) in [7, 11) is 1.73. The molecular weight excluding hydrogens is 388 g/mol. The lowest BCUT2D eigenvalue weighted by Gasteiger charge is -2.18. The van der Waals surface area contributed by atoms with Crippen LogP contribution >= 0.6 is 0 Å². The average molecular weight is 423 g/mol. The number of rotatable bonds is 9. The molecule has 2 aliphatic heterocycles. The van der Waals surface area contributed by atoms with E-state index in [0.29, 0.717) is 12.1 Å². The van der Waals surface area contributed by atoms with Gasteiger partial charge in [-0.15, -0.1) is 0 Å². The lowest BCUT2D eigenvalue weighted by Crippen LogP contribution is -2.26. The van der Waals surface area contributed by atoms with E-state index in [1.807, 2.05) is 0 Å². The summed E-state index contributed by atoms with van der Waals surface area (Å²) in [5.41, 5.74) is 5.44. The number of likely N-dealkylation sites (tertiary alicyclic amines) is 1. The van der Waals surface area contributed by atoms with Crippen LogP contribution in [-0.2, 0) is 12.8 Å². The third-order valence-corrected chi connectivity index (χ3v) is 7.55. The molecule has 0 amide bonds. The molecule has 6 heteroatoms. The molecule has 6 nitrogen and oxygen atoms in total. The van der Waals surface area contributed by atoms with Crippen LogP contribution in [0.15, 0.2) is 12.1 Å². The minimum atomic E-state index is 0.458. The number of aromatic nitrogens is 1. The van der Waals surface area contributed by atoms with Gasteiger partial charge in [0.25, 0.3) is 0 Å². The summed E-state index contributed by atoms with van der Waals surface area (Å²) in [5, 5.41) is 8.47. The Kier molecular flexibility index (Phi) is 4.95. The maximum Gasteiger partial charge on any atom is 0.163 e. The van der Waals surface area contributed by atoms with E-state index in [0.717, 1.165) is 55.3 Å². The Morgan fingerprint density at radius 3 is 2.94 bits per heavy atom. The van der Waals surface area contributed by atoms with Crippen LogP contribution in [0.1, 0.15) is 43.4 Å². The van der Waals surface area contributed by atoms with Gasteiger partial charge in [0, 0.05) is 61.1 Å². The molecule has 2 aliphatic carbocycles. The number of nitrogens with one attached hydrogen (secondary N) is 2. The van der Waals surface area contributed by atoms with Crippen LogP contribution in [0.4, 0.5) is 5.69 Å². The number of fused-ring (bicyclic) bond motifs is 2. The summed E-state index contributed by atoms with van der Waals surface area (Å²) in [6, 6.07) is 4.22. The lowest BCUT2D eigenvalue weighted by atomic mass is 10.1. The highest BCUT2D eigenvalue weighted by atomic mass is 16.5. The number of hydrogen-bond donors (Lipinski definition) is 2. The topological polar surface area (TPSA) is 68.6 Å². The Balaban J connectivity index is 1.18. The van der Waals surface area contributed by atoms with Crippen molar-refractivity contribution in [2.45, 2.75) is 50.5 Å². The summed E-state index contributed by atoms with van der Waals surface area (Å²) in [6.07, 6.45) is 8.44. The summed E-state index contributed by atoms with van der Waals surface area (Å²) >= 11 is 0. The third kappa shape index (κ3) is 3.96. The number of methoxy groups -OCH3 is 1. The summed E-state index contributed by atoms with van der Waals surface area (Å²) < 4.78 is 11.9. The first-order valence-electron chi connectivity index (χ1n) is 12.1. The predicted octanol–water partition coefficient (Wildman–Crippen LogP) is 3.37. The molecule has 31 heavy (non-hydrogen) atoms. The molecule has 0 bridgehead atoms. The van der Waals surface area contributed by atoms with Gasteiger partial charge in [0.05, 0.1) is 19.2 Å². The van der Waals surface area contributed by atoms with Gasteiger partial charge >= 0.3 is 0 Å². The van der Waals surface area contributed by atoms with Gasteiger partial charge < -0.3 is 25.0 Å². The van der Waals surface area contributed by atoms with Gasteiger partial charge in [0.1, 0.15) is 0 Å². The van der Waals surface area contributed by atoms with Crippen molar-refractivity contribution < 1.29 is 9.47 Å². The number of nitrogens with zero attached hydrogens (tertiary/aromatic N) is 2. The van der Waals surface area contributed by atoms with Crippen molar-refractivity contribution in [3.05, 3.63) is 23.4 Å². The Morgan fingerprint density at radius 2 is 2.16 bits per heavy atom. The van der Waals surface area contributed by atoms with E-state index in [1.54, 1.807) is 7.11 Å². The molecule has 4 aliphatic rings. The maximum absolute atomic E-state index is 6.20. The molecule has 6 rings (SSSR count). The first-order chi connectivity index (χ1) is 15.2. The largest absolute Gasteiger partial charge is 0.493 e. The fourth-order valence-electron chi connectivity index (χ4n) is 5.35. The van der Waals surface area contributed by atoms with Gasteiger partial charge in [-0.05, 0) is 62.5 Å². The van der Waals surface area contributed by atoms with Crippen molar-refractivity contribution >= 4 is 16.6 Å². The molecule has 2 saturated heterocycles. The molecule has 1 unspecified atom stereocenters. The van der Waals surface area contributed by atoms with E-state index in [-0.39, 0.29) is 0 Å². The van der Waals surface area contributed by atoms with E-state index in [9.17, 15) is 0 Å². The van der Waals surface area contributed by atoms with Crippen LogP contribution in [0.25, 0.3) is 10.9 Å². The minimum absolute atomic E-state index is 0.458. The number of ether oxygens (including phenoxy) is 2. The zero-order valence-electron chi connectivity index (χ0n) is 18.6. The summed E-state index contributed by atoms with van der Waals surface area (Å²) in [6.45, 7) is 6.47. The van der Waals surface area contributed by atoms with E-state index in [2.05, 4.69) is 27.7 Å². The van der Waals surface area contributed by atoms with Crippen LogP contribution in [0.5, 0.6) is 11.5 Å². The summed E-state index contributed by atoms with van der Waals surface area (Å²) in [5.74, 6) is 2.46. The predicted molar refractivity (Wildman–Crippen MR) is 123 cm³/mol. The number of pyridine rings is 1. The molecule has 1 spiro atoms. The second kappa shape index (κ2) is 7.82. The maximum atomic E-state index is 6.20. The molecule has 1 aromatic carbocycles. The first kappa shape index (κ1) is 19.6. The molecule has 1 saturated carbocycles. The molecule has 166 valence electrons. The molecule has 1 aromatic heterocycles. The number of aryl methyl sites for hydroxylation is 1. The van der Waals surface area contributed by atoms with Crippen molar-refractivity contribution in [2.75, 3.05) is 51.8 Å². The van der Waals surface area contributed by atoms with Crippen molar-refractivity contribution in [2.24, 2.45) is 5.92 Å². The Hall–Kier alpha value is -2.05. The van der Waals surface area contributed by atoms with E-state index in [1.165, 1.54) is 67.6 Å². The molecular formula is C25H34N4O2. The van der Waals surface area contributed by atoms with Crippen LogP contribution in [0.3, 0.4) is 0 Å². The number of anilines is 1. The molecule has 0 radical (unpaired) electrons. The highest BCUT2D eigenvalue weighted by Crippen LogP contribution is 2.40. The van der Waals surface area contributed by atoms with Crippen molar-refractivity contribution in [1.82, 2.24) is 15.2 Å². The zero-order valence-corrected chi connectivity index (χ0v) is 18.6. The Labute approximate surface area is 184 Å². The third-order valence-electron chi connectivity index (χ3n) is 7.55. The van der Waals surface area contributed by atoms with Crippen molar-refractivity contribution in [3.8, 4) is 11.5 Å². The first-order valence-corrected chi connectivity index (χ1v) is 12.1. The molecule has 3 heterocycles. The Morgan fingerprint density at radius 1 is 1.26 bits per heavy atom.